The first-order valence-electron chi connectivity index (χ1n) is 10.7. The monoisotopic (exact) mass is 422 g/mol. The number of rotatable bonds is 6. The number of ether oxygens (including phenoxy) is 1. The van der Waals surface area contributed by atoms with E-state index in [-0.39, 0.29) is 5.97 Å². The molecule has 2 aliphatic heterocycles. The van der Waals surface area contributed by atoms with Crippen molar-refractivity contribution < 1.29 is 19.2 Å². The molecule has 0 bridgehead atoms. The van der Waals surface area contributed by atoms with Crippen LogP contribution in [-0.4, -0.2) is 70.5 Å². The van der Waals surface area contributed by atoms with Crippen molar-refractivity contribution in [3.8, 4) is 0 Å². The Bertz CT molecular complexity index is 1100. The predicted octanol–water partition coefficient (Wildman–Crippen LogP) is 2.10. The number of β-amino-alcohol motifs (C(OH)–C–C–N with tert-alkyl or cyclic N) is 1. The van der Waals surface area contributed by atoms with Gasteiger partial charge in [-0.15, -0.1) is 5.10 Å². The molecule has 162 valence electrons. The summed E-state index contributed by atoms with van der Waals surface area (Å²) in [7, 11) is 0. The zero-order valence-corrected chi connectivity index (χ0v) is 17.6. The maximum absolute atomic E-state index is 11.7. The van der Waals surface area contributed by atoms with E-state index in [9.17, 15) is 9.90 Å². The Balaban J connectivity index is 1.13. The van der Waals surface area contributed by atoms with E-state index >= 15 is 0 Å². The van der Waals surface area contributed by atoms with Crippen LogP contribution in [-0.2, 0) is 17.8 Å². The lowest BCUT2D eigenvalue weighted by Crippen LogP contribution is -2.48. The van der Waals surface area contributed by atoms with Crippen LogP contribution >= 0.6 is 0 Å². The molecule has 1 saturated heterocycles. The van der Waals surface area contributed by atoms with Gasteiger partial charge in [-0.1, -0.05) is 12.1 Å². The van der Waals surface area contributed by atoms with Crippen molar-refractivity contribution in [2.24, 2.45) is 0 Å². The van der Waals surface area contributed by atoms with Gasteiger partial charge in [0.1, 0.15) is 12.1 Å². The first-order valence-corrected chi connectivity index (χ1v) is 10.7. The highest BCUT2D eigenvalue weighted by Crippen LogP contribution is 2.29. The number of benzene rings is 2. The minimum absolute atomic E-state index is 0.270. The number of aliphatic hydroxyl groups excluding tert-OH is 1. The topological polar surface area (TPSA) is 91.9 Å². The number of aromatic nitrogens is 2. The van der Waals surface area contributed by atoms with Gasteiger partial charge < -0.3 is 19.3 Å². The van der Waals surface area contributed by atoms with E-state index in [1.54, 1.807) is 6.07 Å². The van der Waals surface area contributed by atoms with Gasteiger partial charge in [-0.2, -0.15) is 0 Å². The zero-order chi connectivity index (χ0) is 21.4. The molecule has 0 unspecified atom stereocenters. The molecule has 1 N–H and O–H groups in total. The number of nitrogens with zero attached hydrogens (tertiary/aromatic N) is 4. The number of hydrogen-bond acceptors (Lipinski definition) is 8. The second-order valence-corrected chi connectivity index (χ2v) is 8.37. The molecule has 1 atom stereocenters. The number of piperazine rings is 1. The summed E-state index contributed by atoms with van der Waals surface area (Å²) in [6.07, 6.45) is 0.385. The molecule has 0 amide bonds. The third-order valence-corrected chi connectivity index (χ3v) is 6.49. The van der Waals surface area contributed by atoms with Crippen LogP contribution < -0.4 is 0 Å². The van der Waals surface area contributed by atoms with E-state index < -0.39 is 6.10 Å². The Morgan fingerprint density at radius 1 is 1.13 bits per heavy atom. The normalized spacial score (nSPS) is 18.3. The van der Waals surface area contributed by atoms with Crippen molar-refractivity contribution in [2.75, 3.05) is 39.3 Å². The molecular weight excluding hydrogens is 396 g/mol. The molecule has 5 rings (SSSR count). The van der Waals surface area contributed by atoms with E-state index in [1.807, 2.05) is 25.1 Å². The van der Waals surface area contributed by atoms with Crippen LogP contribution in [0.2, 0.25) is 0 Å². The van der Waals surface area contributed by atoms with Crippen molar-refractivity contribution in [1.82, 2.24) is 20.2 Å². The molecule has 0 saturated carbocycles. The summed E-state index contributed by atoms with van der Waals surface area (Å²) < 4.78 is 10.2. The third-order valence-electron chi connectivity index (χ3n) is 6.49. The molecule has 1 aromatic heterocycles. The Morgan fingerprint density at radius 2 is 1.94 bits per heavy atom. The van der Waals surface area contributed by atoms with Gasteiger partial charge in [0, 0.05) is 50.1 Å². The summed E-state index contributed by atoms with van der Waals surface area (Å²) in [5, 5.41) is 18.4. The summed E-state index contributed by atoms with van der Waals surface area (Å²) in [5.41, 5.74) is 6.14. The minimum Gasteiger partial charge on any atom is -0.457 e. The van der Waals surface area contributed by atoms with Gasteiger partial charge in [-0.25, -0.2) is 4.79 Å². The fraction of sp³-hybridized carbons (Fsp3) is 0.435. The Labute approximate surface area is 180 Å². The van der Waals surface area contributed by atoms with E-state index in [0.717, 1.165) is 61.4 Å². The first kappa shape index (κ1) is 20.1. The predicted molar refractivity (Wildman–Crippen MR) is 114 cm³/mol. The average molecular weight is 422 g/mol. The van der Waals surface area contributed by atoms with Gasteiger partial charge in [0.15, 0.2) is 5.58 Å². The largest absolute Gasteiger partial charge is 0.457 e. The lowest BCUT2D eigenvalue weighted by molar-refractivity contribution is 0.0535. The molecule has 31 heavy (non-hydrogen) atoms. The van der Waals surface area contributed by atoms with E-state index in [2.05, 4.69) is 26.2 Å². The highest BCUT2D eigenvalue weighted by Gasteiger charge is 2.27. The van der Waals surface area contributed by atoms with E-state index in [4.69, 9.17) is 9.26 Å². The molecular formula is C23H26N4O4. The SMILES string of the molecule is Cc1c([C@@H](O)CN2CCN(CCc3ccc4onnc4c3)CC2)ccc2c1COC2=O. The molecule has 8 heteroatoms. The van der Waals surface area contributed by atoms with Gasteiger partial charge in [0.2, 0.25) is 0 Å². The van der Waals surface area contributed by atoms with Crippen LogP contribution in [0.4, 0.5) is 0 Å². The highest BCUT2D eigenvalue weighted by molar-refractivity contribution is 5.93. The summed E-state index contributed by atoms with van der Waals surface area (Å²) >= 11 is 0. The second-order valence-electron chi connectivity index (χ2n) is 8.37. The van der Waals surface area contributed by atoms with Crippen LogP contribution in [0, 0.1) is 6.92 Å². The molecule has 0 spiro atoms. The number of cyclic esters (lactones) is 1. The number of aliphatic hydroxyl groups is 1. The first-order chi connectivity index (χ1) is 15.1. The molecule has 2 aromatic carbocycles. The van der Waals surface area contributed by atoms with Gasteiger partial charge in [-0.05, 0) is 48.2 Å². The Kier molecular flexibility index (Phi) is 5.43. The van der Waals surface area contributed by atoms with Crippen LogP contribution in [0.25, 0.3) is 11.1 Å². The van der Waals surface area contributed by atoms with E-state index in [1.165, 1.54) is 5.56 Å². The maximum Gasteiger partial charge on any atom is 0.338 e. The molecule has 3 aromatic rings. The van der Waals surface area contributed by atoms with Gasteiger partial charge in [-0.3, -0.25) is 4.90 Å². The standard InChI is InChI=1S/C23H26N4O4/c1-15-17(3-4-18-19(15)14-30-23(18)29)21(28)13-27-10-8-26(9-11-27)7-6-16-2-5-22-20(12-16)24-25-31-22/h2-5,12,21,28H,6-11,13-14H2,1H3/t21-/m0/s1. The maximum atomic E-state index is 11.7. The molecule has 2 aliphatic rings. The smallest absolute Gasteiger partial charge is 0.338 e. The highest BCUT2D eigenvalue weighted by atomic mass is 16.5. The number of carbonyl (C=O) groups excluding carboxylic acids is 1. The fourth-order valence-corrected chi connectivity index (χ4v) is 4.54. The number of carbonyl (C=O) groups is 1. The molecule has 3 heterocycles. The summed E-state index contributed by atoms with van der Waals surface area (Å²) in [6.45, 7) is 7.66. The van der Waals surface area contributed by atoms with Crippen molar-refractivity contribution in [1.29, 1.82) is 0 Å². The van der Waals surface area contributed by atoms with Crippen LogP contribution in [0.5, 0.6) is 0 Å². The van der Waals surface area contributed by atoms with Crippen molar-refractivity contribution in [3.63, 3.8) is 0 Å². The summed E-state index contributed by atoms with van der Waals surface area (Å²) in [5.74, 6) is -0.270. The van der Waals surface area contributed by atoms with Gasteiger partial charge in [0.05, 0.1) is 11.7 Å². The van der Waals surface area contributed by atoms with Gasteiger partial charge >= 0.3 is 5.97 Å². The second kappa shape index (κ2) is 8.37. The molecule has 1 fully saturated rings. The molecule has 0 aliphatic carbocycles. The van der Waals surface area contributed by atoms with Crippen LogP contribution in [0.15, 0.2) is 34.9 Å². The summed E-state index contributed by atoms with van der Waals surface area (Å²) in [4.78, 5) is 16.5. The third kappa shape index (κ3) is 4.06. The molecule has 0 radical (unpaired) electrons. The lowest BCUT2D eigenvalue weighted by atomic mass is 9.95. The fourth-order valence-electron chi connectivity index (χ4n) is 4.54. The Morgan fingerprint density at radius 3 is 2.77 bits per heavy atom. The van der Waals surface area contributed by atoms with Crippen LogP contribution in [0.1, 0.15) is 38.7 Å². The minimum atomic E-state index is -0.574. The number of esters is 1. The van der Waals surface area contributed by atoms with Gasteiger partial charge in [0.25, 0.3) is 0 Å². The quantitative estimate of drug-likeness (QED) is 0.604. The Hall–Kier alpha value is -2.81. The number of fused-ring (bicyclic) bond motifs is 2. The number of hydrogen-bond donors (Lipinski definition) is 1. The van der Waals surface area contributed by atoms with Crippen LogP contribution in [0.3, 0.4) is 0 Å². The molecule has 8 nitrogen and oxygen atoms in total. The summed E-state index contributed by atoms with van der Waals surface area (Å²) in [6, 6.07) is 9.67. The lowest BCUT2D eigenvalue weighted by Gasteiger charge is -2.35. The van der Waals surface area contributed by atoms with E-state index in [0.29, 0.717) is 24.3 Å². The van der Waals surface area contributed by atoms with Crippen molar-refractivity contribution >= 4 is 17.1 Å². The van der Waals surface area contributed by atoms with Crippen molar-refractivity contribution in [2.45, 2.75) is 26.1 Å². The average Bonchev–Trinajstić information content (AvgIpc) is 3.40. The van der Waals surface area contributed by atoms with Crippen molar-refractivity contribution in [3.05, 3.63) is 58.1 Å². The zero-order valence-electron chi connectivity index (χ0n) is 17.6.